The van der Waals surface area contributed by atoms with Gasteiger partial charge in [-0.3, -0.25) is 0 Å². The van der Waals surface area contributed by atoms with Crippen molar-refractivity contribution in [3.05, 3.63) is 70.3 Å². The molecule has 1 atom stereocenters. The first-order chi connectivity index (χ1) is 8.74. The van der Waals surface area contributed by atoms with E-state index < -0.39 is 6.10 Å². The molecule has 0 amide bonds. The predicted molar refractivity (Wildman–Crippen MR) is 70.2 cm³/mol. The molecule has 0 spiro atoms. The minimum absolute atomic E-state index is 0.559. The lowest BCUT2D eigenvalue weighted by atomic mass is 9.97. The molecule has 0 saturated carbocycles. The maximum absolute atomic E-state index is 10.4. The molecular formula is C16H16O2. The van der Waals surface area contributed by atoms with Gasteiger partial charge in [-0.15, -0.1) is 0 Å². The molecule has 1 N–H and O–H groups in total. The van der Waals surface area contributed by atoms with Crippen LogP contribution in [-0.4, -0.2) is 5.11 Å². The Morgan fingerprint density at radius 3 is 2.39 bits per heavy atom. The van der Waals surface area contributed by atoms with E-state index in [0.717, 1.165) is 11.1 Å². The first-order valence-corrected chi connectivity index (χ1v) is 6.18. The van der Waals surface area contributed by atoms with Gasteiger partial charge in [0.15, 0.2) is 0 Å². The zero-order valence-electron chi connectivity index (χ0n) is 10.4. The van der Waals surface area contributed by atoms with E-state index in [9.17, 15) is 5.11 Å². The molecule has 2 nitrogen and oxygen atoms in total. The fourth-order valence-corrected chi connectivity index (χ4v) is 2.30. The van der Waals surface area contributed by atoms with Crippen LogP contribution in [-0.2, 0) is 18.0 Å². The molecule has 3 rings (SSSR count). The number of benzene rings is 2. The van der Waals surface area contributed by atoms with Crippen molar-refractivity contribution in [2.45, 2.75) is 26.2 Å². The number of aliphatic hydroxyl groups excluding tert-OH is 1. The van der Waals surface area contributed by atoms with Crippen LogP contribution in [0.25, 0.3) is 0 Å². The molecule has 0 aliphatic carbocycles. The number of aryl methyl sites for hydroxylation is 1. The average molecular weight is 240 g/mol. The average Bonchev–Trinajstić information content (AvgIpc) is 2.86. The maximum atomic E-state index is 10.4. The maximum Gasteiger partial charge on any atom is 0.104 e. The molecule has 1 aliphatic rings. The monoisotopic (exact) mass is 240 g/mol. The van der Waals surface area contributed by atoms with E-state index in [1.165, 1.54) is 16.7 Å². The van der Waals surface area contributed by atoms with Crippen molar-refractivity contribution in [1.29, 1.82) is 0 Å². The zero-order chi connectivity index (χ0) is 12.5. The van der Waals surface area contributed by atoms with Crippen molar-refractivity contribution in [2.75, 3.05) is 0 Å². The summed E-state index contributed by atoms with van der Waals surface area (Å²) in [5.41, 5.74) is 5.49. The molecule has 1 heterocycles. The van der Waals surface area contributed by atoms with Crippen molar-refractivity contribution >= 4 is 0 Å². The molecule has 1 aliphatic heterocycles. The van der Waals surface area contributed by atoms with E-state index in [4.69, 9.17) is 4.74 Å². The standard InChI is InChI=1S/C16H16O2/c1-11-2-4-12(5-3-11)16(17)13-6-7-14-9-18-10-15(14)8-13/h2-8,16-17H,9-10H2,1H3. The minimum atomic E-state index is -0.559. The summed E-state index contributed by atoms with van der Waals surface area (Å²) in [5, 5.41) is 10.4. The number of aliphatic hydroxyl groups is 1. The number of hydrogen-bond donors (Lipinski definition) is 1. The second kappa shape index (κ2) is 4.56. The van der Waals surface area contributed by atoms with Crippen LogP contribution in [0.5, 0.6) is 0 Å². The largest absolute Gasteiger partial charge is 0.384 e. The first-order valence-electron chi connectivity index (χ1n) is 6.18. The Hall–Kier alpha value is -1.64. The highest BCUT2D eigenvalue weighted by atomic mass is 16.5. The second-order valence-corrected chi connectivity index (χ2v) is 4.83. The Kier molecular flexibility index (Phi) is 2.90. The molecule has 92 valence electrons. The van der Waals surface area contributed by atoms with E-state index >= 15 is 0 Å². The van der Waals surface area contributed by atoms with Gasteiger partial charge in [0.05, 0.1) is 13.2 Å². The van der Waals surface area contributed by atoms with Gasteiger partial charge in [0, 0.05) is 0 Å². The molecule has 0 fully saturated rings. The van der Waals surface area contributed by atoms with Crippen LogP contribution in [0, 0.1) is 6.92 Å². The van der Waals surface area contributed by atoms with Gasteiger partial charge in [0.25, 0.3) is 0 Å². The Morgan fingerprint density at radius 2 is 1.61 bits per heavy atom. The van der Waals surface area contributed by atoms with Gasteiger partial charge < -0.3 is 9.84 Å². The van der Waals surface area contributed by atoms with Gasteiger partial charge in [-0.25, -0.2) is 0 Å². The smallest absolute Gasteiger partial charge is 0.104 e. The highest BCUT2D eigenvalue weighted by Gasteiger charge is 2.15. The first kappa shape index (κ1) is 11.5. The van der Waals surface area contributed by atoms with Crippen LogP contribution >= 0.6 is 0 Å². The lowest BCUT2D eigenvalue weighted by Crippen LogP contribution is -2.00. The molecule has 2 heteroatoms. The third-order valence-electron chi connectivity index (χ3n) is 3.45. The van der Waals surface area contributed by atoms with E-state index in [1.807, 2.05) is 43.3 Å². The predicted octanol–water partition coefficient (Wildman–Crippen LogP) is 3.11. The Labute approximate surface area is 107 Å². The minimum Gasteiger partial charge on any atom is -0.384 e. The van der Waals surface area contributed by atoms with Crippen molar-refractivity contribution in [2.24, 2.45) is 0 Å². The third kappa shape index (κ3) is 2.05. The van der Waals surface area contributed by atoms with Gasteiger partial charge in [-0.2, -0.15) is 0 Å². The van der Waals surface area contributed by atoms with Crippen molar-refractivity contribution < 1.29 is 9.84 Å². The summed E-state index contributed by atoms with van der Waals surface area (Å²) in [6, 6.07) is 14.1. The molecule has 1 unspecified atom stereocenters. The number of fused-ring (bicyclic) bond motifs is 1. The van der Waals surface area contributed by atoms with E-state index in [-0.39, 0.29) is 0 Å². The zero-order valence-corrected chi connectivity index (χ0v) is 10.4. The summed E-state index contributed by atoms with van der Waals surface area (Å²) in [4.78, 5) is 0. The Balaban J connectivity index is 1.92. The number of hydrogen-bond acceptors (Lipinski definition) is 2. The Morgan fingerprint density at radius 1 is 0.944 bits per heavy atom. The van der Waals surface area contributed by atoms with Crippen LogP contribution < -0.4 is 0 Å². The van der Waals surface area contributed by atoms with Crippen LogP contribution in [0.4, 0.5) is 0 Å². The molecule has 18 heavy (non-hydrogen) atoms. The van der Waals surface area contributed by atoms with Crippen LogP contribution in [0.2, 0.25) is 0 Å². The quantitative estimate of drug-likeness (QED) is 0.874. The highest BCUT2D eigenvalue weighted by molar-refractivity contribution is 5.38. The Bertz CT molecular complexity index is 558. The van der Waals surface area contributed by atoms with Gasteiger partial charge in [-0.05, 0) is 29.2 Å². The summed E-state index contributed by atoms with van der Waals surface area (Å²) in [5.74, 6) is 0. The molecule has 2 aromatic rings. The second-order valence-electron chi connectivity index (χ2n) is 4.83. The fraction of sp³-hybridized carbons (Fsp3) is 0.250. The number of rotatable bonds is 2. The topological polar surface area (TPSA) is 29.5 Å². The van der Waals surface area contributed by atoms with E-state index in [2.05, 4.69) is 6.07 Å². The SMILES string of the molecule is Cc1ccc(C(O)c2ccc3c(c2)COC3)cc1. The summed E-state index contributed by atoms with van der Waals surface area (Å²) in [6.45, 7) is 3.39. The molecule has 0 bridgehead atoms. The summed E-state index contributed by atoms with van der Waals surface area (Å²) >= 11 is 0. The molecule has 0 saturated heterocycles. The molecular weight excluding hydrogens is 224 g/mol. The van der Waals surface area contributed by atoms with Crippen molar-refractivity contribution in [1.82, 2.24) is 0 Å². The fourth-order valence-electron chi connectivity index (χ4n) is 2.30. The van der Waals surface area contributed by atoms with E-state index in [0.29, 0.717) is 13.2 Å². The molecule has 0 radical (unpaired) electrons. The van der Waals surface area contributed by atoms with Crippen LogP contribution in [0.1, 0.15) is 33.9 Å². The highest BCUT2D eigenvalue weighted by Crippen LogP contribution is 2.27. The molecule has 0 aromatic heterocycles. The van der Waals surface area contributed by atoms with Crippen LogP contribution in [0.15, 0.2) is 42.5 Å². The van der Waals surface area contributed by atoms with E-state index in [1.54, 1.807) is 0 Å². The summed E-state index contributed by atoms with van der Waals surface area (Å²) in [7, 11) is 0. The summed E-state index contributed by atoms with van der Waals surface area (Å²) in [6.07, 6.45) is -0.559. The van der Waals surface area contributed by atoms with Crippen molar-refractivity contribution in [3.8, 4) is 0 Å². The summed E-state index contributed by atoms with van der Waals surface area (Å²) < 4.78 is 5.39. The van der Waals surface area contributed by atoms with Gasteiger partial charge in [0.1, 0.15) is 6.10 Å². The third-order valence-corrected chi connectivity index (χ3v) is 3.45. The van der Waals surface area contributed by atoms with Gasteiger partial charge in [-0.1, -0.05) is 48.0 Å². The van der Waals surface area contributed by atoms with Gasteiger partial charge >= 0.3 is 0 Å². The van der Waals surface area contributed by atoms with Gasteiger partial charge in [0.2, 0.25) is 0 Å². The lowest BCUT2D eigenvalue weighted by Gasteiger charge is -2.13. The van der Waals surface area contributed by atoms with Crippen molar-refractivity contribution in [3.63, 3.8) is 0 Å². The normalized spacial score (nSPS) is 15.4. The number of ether oxygens (including phenoxy) is 1. The molecule has 2 aromatic carbocycles. The van der Waals surface area contributed by atoms with Crippen LogP contribution in [0.3, 0.4) is 0 Å². The lowest BCUT2D eigenvalue weighted by molar-refractivity contribution is 0.134.